The highest BCUT2D eigenvalue weighted by Gasteiger charge is 2.18. The number of imidazole rings is 1. The van der Waals surface area contributed by atoms with Gasteiger partial charge in [-0.25, -0.2) is 14.4 Å². The molecule has 0 spiro atoms. The maximum atomic E-state index is 13.2. The number of nitrogens with zero attached hydrogens (tertiary/aromatic N) is 3. The van der Waals surface area contributed by atoms with Crippen LogP contribution in [0.25, 0.3) is 16.7 Å². The molecule has 0 saturated carbocycles. The smallest absolute Gasteiger partial charge is 0.449 e. The van der Waals surface area contributed by atoms with Crippen LogP contribution >= 0.6 is 23.2 Å². The van der Waals surface area contributed by atoms with Crippen LogP contribution in [0.5, 0.6) is 5.75 Å². The van der Waals surface area contributed by atoms with Crippen molar-refractivity contribution < 1.29 is 14.6 Å². The number of benzene rings is 2. The Morgan fingerprint density at radius 2 is 1.91 bits per heavy atom. The number of aryl methyl sites for hydroxylation is 1. The van der Waals surface area contributed by atoms with Gasteiger partial charge in [0.2, 0.25) is 5.75 Å². The van der Waals surface area contributed by atoms with Crippen LogP contribution in [0.1, 0.15) is 5.56 Å². The largest absolute Gasteiger partial charge is 0.511 e. The molecule has 4 aromatic rings. The molecule has 0 radical (unpaired) electrons. The van der Waals surface area contributed by atoms with Crippen LogP contribution in [0.2, 0.25) is 10.0 Å². The van der Waals surface area contributed by atoms with Gasteiger partial charge < -0.3 is 14.8 Å². The molecule has 0 fully saturated rings. The maximum Gasteiger partial charge on any atom is 0.511 e. The Morgan fingerprint density at radius 1 is 1.16 bits per heavy atom. The molecule has 10 nitrogen and oxygen atoms in total. The average Bonchev–Trinajstić information content (AvgIpc) is 3.03. The number of carboxylic acid groups (broad SMARTS) is 1. The maximum absolute atomic E-state index is 13.2. The topological polar surface area (TPSA) is 128 Å². The van der Waals surface area contributed by atoms with E-state index >= 15 is 0 Å². The third-order valence-corrected chi connectivity index (χ3v) is 5.72. The van der Waals surface area contributed by atoms with Crippen molar-refractivity contribution >= 4 is 40.4 Å². The predicted molar refractivity (Wildman–Crippen MR) is 118 cm³/mol. The number of aromatic amines is 1. The van der Waals surface area contributed by atoms with Gasteiger partial charge in [0.25, 0.3) is 5.56 Å². The summed E-state index contributed by atoms with van der Waals surface area (Å²) in [7, 11) is 1.58. The number of fused-ring (bicyclic) bond motifs is 1. The molecule has 0 aliphatic carbocycles. The van der Waals surface area contributed by atoms with Crippen molar-refractivity contribution in [1.82, 2.24) is 18.7 Å². The molecule has 0 amide bonds. The fraction of sp³-hybridized carbons (Fsp3) is 0.100. The van der Waals surface area contributed by atoms with E-state index in [1.165, 1.54) is 10.6 Å². The zero-order valence-corrected chi connectivity index (χ0v) is 17.8. The van der Waals surface area contributed by atoms with E-state index < -0.39 is 23.2 Å². The van der Waals surface area contributed by atoms with Gasteiger partial charge in [-0.05, 0) is 29.8 Å². The monoisotopic (exact) mass is 476 g/mol. The lowest BCUT2D eigenvalue weighted by molar-refractivity contribution is 0.143. The molecule has 2 aromatic heterocycles. The molecule has 32 heavy (non-hydrogen) atoms. The fourth-order valence-corrected chi connectivity index (χ4v) is 3.66. The normalized spacial score (nSPS) is 11.1. The molecule has 12 heteroatoms. The van der Waals surface area contributed by atoms with Crippen LogP contribution in [-0.4, -0.2) is 29.9 Å². The van der Waals surface area contributed by atoms with Crippen molar-refractivity contribution in [2.45, 2.75) is 6.54 Å². The van der Waals surface area contributed by atoms with Crippen molar-refractivity contribution in [2.24, 2.45) is 7.05 Å². The Balaban J connectivity index is 1.95. The number of halogens is 2. The zero-order valence-electron chi connectivity index (χ0n) is 16.3. The van der Waals surface area contributed by atoms with Crippen LogP contribution in [0, 0.1) is 0 Å². The molecule has 0 bridgehead atoms. The molecule has 164 valence electrons. The van der Waals surface area contributed by atoms with Crippen LogP contribution in [0.3, 0.4) is 0 Å². The van der Waals surface area contributed by atoms with Gasteiger partial charge in [-0.15, -0.1) is 0 Å². The molecule has 4 rings (SSSR count). The number of carbonyl (C=O) groups is 1. The van der Waals surface area contributed by atoms with Gasteiger partial charge in [0, 0.05) is 7.05 Å². The number of nitrogens with one attached hydrogen (secondary N) is 1. The number of hydrogen-bond acceptors (Lipinski definition) is 5. The first-order valence-corrected chi connectivity index (χ1v) is 9.82. The van der Waals surface area contributed by atoms with E-state index in [2.05, 4.69) is 9.72 Å². The third kappa shape index (κ3) is 3.70. The molecular formula is C20H14Cl2N4O6. The van der Waals surface area contributed by atoms with Crippen molar-refractivity contribution in [3.63, 3.8) is 0 Å². The fourth-order valence-electron chi connectivity index (χ4n) is 3.28. The van der Waals surface area contributed by atoms with Gasteiger partial charge in [-0.3, -0.25) is 18.5 Å². The first-order chi connectivity index (χ1) is 15.2. The number of aromatic nitrogens is 4. The summed E-state index contributed by atoms with van der Waals surface area (Å²) in [5.74, 6) is -0.586. The van der Waals surface area contributed by atoms with E-state index in [1.807, 2.05) is 0 Å². The Morgan fingerprint density at radius 3 is 2.62 bits per heavy atom. The standard InChI is InChI=1S/C20H14Cl2N4O6/c1-24-14-6-5-11(7-13(14)23-18(24)28)25-9-15(32-20(30)31)17(27)26(19(25)29)8-10-3-2-4-12(21)16(10)22/h2-7,9H,8H2,1H3,(H,23,28)(H,30,31). The molecular weight excluding hydrogens is 463 g/mol. The number of rotatable bonds is 4. The second-order valence-electron chi connectivity index (χ2n) is 6.81. The number of hydrogen-bond donors (Lipinski definition) is 2. The Labute approximate surface area is 188 Å². The first-order valence-electron chi connectivity index (χ1n) is 9.06. The van der Waals surface area contributed by atoms with Gasteiger partial charge in [-0.2, -0.15) is 0 Å². The summed E-state index contributed by atoms with van der Waals surface area (Å²) in [4.78, 5) is 51.6. The molecule has 0 atom stereocenters. The van der Waals surface area contributed by atoms with Gasteiger partial charge in [0.1, 0.15) is 0 Å². The Bertz CT molecular complexity index is 1560. The zero-order chi connectivity index (χ0) is 23.2. The lowest BCUT2D eigenvalue weighted by Crippen LogP contribution is -2.40. The summed E-state index contributed by atoms with van der Waals surface area (Å²) < 4.78 is 7.83. The molecule has 0 aliphatic heterocycles. The van der Waals surface area contributed by atoms with E-state index in [0.717, 1.165) is 15.3 Å². The van der Waals surface area contributed by atoms with Crippen molar-refractivity contribution in [3.8, 4) is 11.4 Å². The van der Waals surface area contributed by atoms with Gasteiger partial charge in [-0.1, -0.05) is 35.3 Å². The van der Waals surface area contributed by atoms with E-state index in [1.54, 1.807) is 37.4 Å². The second-order valence-corrected chi connectivity index (χ2v) is 7.59. The van der Waals surface area contributed by atoms with Crippen molar-refractivity contribution in [3.05, 3.63) is 89.5 Å². The van der Waals surface area contributed by atoms with Gasteiger partial charge >= 0.3 is 17.5 Å². The quantitative estimate of drug-likeness (QED) is 0.435. The average molecular weight is 477 g/mol. The molecule has 0 aliphatic rings. The van der Waals surface area contributed by atoms with E-state index in [4.69, 9.17) is 28.3 Å². The van der Waals surface area contributed by atoms with Crippen molar-refractivity contribution in [1.29, 1.82) is 0 Å². The minimum absolute atomic E-state index is 0.153. The van der Waals surface area contributed by atoms with Crippen LogP contribution in [-0.2, 0) is 13.6 Å². The highest BCUT2D eigenvalue weighted by Crippen LogP contribution is 2.26. The second kappa shape index (κ2) is 8.06. The summed E-state index contributed by atoms with van der Waals surface area (Å²) in [6.07, 6.45) is -0.737. The molecule has 0 saturated heterocycles. The number of ether oxygens (including phenoxy) is 1. The van der Waals surface area contributed by atoms with Crippen LogP contribution in [0.15, 0.2) is 57.0 Å². The number of H-pyrrole nitrogens is 1. The highest BCUT2D eigenvalue weighted by atomic mass is 35.5. The molecule has 0 unspecified atom stereocenters. The van der Waals surface area contributed by atoms with E-state index in [-0.39, 0.29) is 28.0 Å². The lowest BCUT2D eigenvalue weighted by Gasteiger charge is -2.13. The third-order valence-electron chi connectivity index (χ3n) is 4.86. The van der Waals surface area contributed by atoms with Crippen LogP contribution < -0.4 is 21.7 Å². The van der Waals surface area contributed by atoms with Gasteiger partial charge in [0.15, 0.2) is 0 Å². The lowest BCUT2D eigenvalue weighted by atomic mass is 10.2. The summed E-state index contributed by atoms with van der Waals surface area (Å²) in [5.41, 5.74) is -0.405. The summed E-state index contributed by atoms with van der Waals surface area (Å²) >= 11 is 12.2. The highest BCUT2D eigenvalue weighted by molar-refractivity contribution is 6.42. The van der Waals surface area contributed by atoms with Crippen molar-refractivity contribution in [2.75, 3.05) is 0 Å². The molecule has 2 N–H and O–H groups in total. The summed E-state index contributed by atoms with van der Waals surface area (Å²) in [6, 6.07) is 9.40. The van der Waals surface area contributed by atoms with E-state index in [9.17, 15) is 19.2 Å². The minimum atomic E-state index is -1.72. The SMILES string of the molecule is Cn1c(=O)[nH]c2cc(-n3cc(OC(=O)O)c(=O)n(Cc4cccc(Cl)c4Cl)c3=O)ccc21. The molecule has 2 aromatic carbocycles. The summed E-state index contributed by atoms with van der Waals surface area (Å²) in [5, 5.41) is 9.40. The minimum Gasteiger partial charge on any atom is -0.449 e. The van der Waals surface area contributed by atoms with E-state index in [0.29, 0.717) is 16.6 Å². The summed E-state index contributed by atoms with van der Waals surface area (Å²) in [6.45, 7) is -0.279. The Hall–Kier alpha value is -3.76. The van der Waals surface area contributed by atoms with Gasteiger partial charge in [0.05, 0.1) is 39.5 Å². The first kappa shape index (κ1) is 21.5. The predicted octanol–water partition coefficient (Wildman–Crippen LogP) is 2.59. The van der Waals surface area contributed by atoms with Crippen LogP contribution in [0.4, 0.5) is 4.79 Å². The Kier molecular flexibility index (Phi) is 5.41. The molecule has 2 heterocycles.